The van der Waals surface area contributed by atoms with Crippen LogP contribution in [0.1, 0.15) is 6.92 Å². The molecule has 18 heavy (non-hydrogen) atoms. The first-order valence-corrected chi connectivity index (χ1v) is 6.72. The Morgan fingerprint density at radius 2 is 1.78 bits per heavy atom. The average Bonchev–Trinajstić information content (AvgIpc) is 2.40. The first-order valence-electron chi connectivity index (χ1n) is 5.93. The van der Waals surface area contributed by atoms with Crippen LogP contribution in [-0.2, 0) is 6.54 Å². The maximum atomic E-state index is 12.5. The Balaban J connectivity index is 2.66. The van der Waals surface area contributed by atoms with Crippen LogP contribution >= 0.6 is 15.9 Å². The molecule has 0 aliphatic heterocycles. The largest absolute Gasteiger partial charge is 0.341 e. The maximum Gasteiger partial charge on any atom is 0.197 e. The van der Waals surface area contributed by atoms with Crippen molar-refractivity contribution in [2.45, 2.75) is 13.5 Å². The summed E-state index contributed by atoms with van der Waals surface area (Å²) in [5, 5.41) is 1.55. The molecule has 0 radical (unpaired) electrons. The average molecular weight is 302 g/mol. The van der Waals surface area contributed by atoms with E-state index in [1.165, 1.54) is 0 Å². The quantitative estimate of drug-likeness (QED) is 0.624. The van der Waals surface area contributed by atoms with Crippen LogP contribution in [-0.4, -0.2) is 4.57 Å². The minimum absolute atomic E-state index is 0.103. The number of hydrogen-bond donors (Lipinski definition) is 0. The van der Waals surface area contributed by atoms with E-state index < -0.39 is 0 Å². The molecule has 0 spiro atoms. The minimum atomic E-state index is 0.103. The molecule has 2 nitrogen and oxygen atoms in total. The van der Waals surface area contributed by atoms with E-state index >= 15 is 0 Å². The van der Waals surface area contributed by atoms with Crippen LogP contribution in [0.3, 0.4) is 0 Å². The van der Waals surface area contributed by atoms with Crippen molar-refractivity contribution >= 4 is 37.7 Å². The molecule has 2 aromatic carbocycles. The van der Waals surface area contributed by atoms with E-state index in [4.69, 9.17) is 0 Å². The van der Waals surface area contributed by atoms with Crippen LogP contribution < -0.4 is 5.43 Å². The van der Waals surface area contributed by atoms with Gasteiger partial charge in [-0.3, -0.25) is 4.79 Å². The summed E-state index contributed by atoms with van der Waals surface area (Å²) in [5.41, 5.74) is 2.09. The van der Waals surface area contributed by atoms with Crippen molar-refractivity contribution in [3.63, 3.8) is 0 Å². The smallest absolute Gasteiger partial charge is 0.197 e. The summed E-state index contributed by atoms with van der Waals surface area (Å²) >= 11 is 3.43. The van der Waals surface area contributed by atoms with Crippen molar-refractivity contribution in [1.82, 2.24) is 4.57 Å². The molecular weight excluding hydrogens is 290 g/mol. The predicted molar refractivity (Wildman–Crippen MR) is 79.1 cm³/mol. The maximum absolute atomic E-state index is 12.5. The molecule has 0 unspecified atom stereocenters. The number of halogens is 1. The SMILES string of the molecule is CCn1c2ccccc2c(=O)c2cc(Br)ccc21. The van der Waals surface area contributed by atoms with Gasteiger partial charge < -0.3 is 4.57 Å². The van der Waals surface area contributed by atoms with E-state index in [2.05, 4.69) is 27.4 Å². The number of para-hydroxylation sites is 1. The number of pyridine rings is 1. The highest BCUT2D eigenvalue weighted by Crippen LogP contribution is 2.22. The van der Waals surface area contributed by atoms with E-state index in [0.29, 0.717) is 0 Å². The summed E-state index contributed by atoms with van der Waals surface area (Å²) in [4.78, 5) is 12.5. The monoisotopic (exact) mass is 301 g/mol. The zero-order valence-electron chi connectivity index (χ0n) is 9.98. The molecule has 0 atom stereocenters. The standard InChI is InChI=1S/C15H12BrNO/c1-2-17-13-6-4-3-5-11(13)15(18)12-9-10(16)7-8-14(12)17/h3-9H,2H2,1H3. The molecule has 0 saturated carbocycles. The van der Waals surface area contributed by atoms with E-state index in [-0.39, 0.29) is 5.43 Å². The first kappa shape index (κ1) is 11.5. The van der Waals surface area contributed by atoms with Gasteiger partial charge in [0.2, 0.25) is 0 Å². The Hall–Kier alpha value is -1.61. The summed E-state index contributed by atoms with van der Waals surface area (Å²) in [5.74, 6) is 0. The Morgan fingerprint density at radius 3 is 2.56 bits per heavy atom. The van der Waals surface area contributed by atoms with Crippen molar-refractivity contribution in [3.05, 3.63) is 57.2 Å². The van der Waals surface area contributed by atoms with Crippen molar-refractivity contribution in [2.75, 3.05) is 0 Å². The normalized spacial score (nSPS) is 11.2. The summed E-state index contributed by atoms with van der Waals surface area (Å²) in [6.07, 6.45) is 0. The molecule has 0 bridgehead atoms. The van der Waals surface area contributed by atoms with Crippen LogP contribution in [0.25, 0.3) is 21.8 Å². The summed E-state index contributed by atoms with van der Waals surface area (Å²) in [6, 6.07) is 13.6. The van der Waals surface area contributed by atoms with E-state index in [1.807, 2.05) is 42.5 Å². The Labute approximate surface area is 113 Å². The van der Waals surface area contributed by atoms with Crippen molar-refractivity contribution in [3.8, 4) is 0 Å². The molecule has 3 rings (SSSR count). The van der Waals surface area contributed by atoms with Gasteiger partial charge in [0.05, 0.1) is 11.0 Å². The molecule has 0 N–H and O–H groups in total. The van der Waals surface area contributed by atoms with Gasteiger partial charge in [0.1, 0.15) is 0 Å². The van der Waals surface area contributed by atoms with Gasteiger partial charge in [0.15, 0.2) is 5.43 Å². The third kappa shape index (κ3) is 1.58. The van der Waals surface area contributed by atoms with Gasteiger partial charge >= 0.3 is 0 Å². The van der Waals surface area contributed by atoms with Crippen molar-refractivity contribution in [2.24, 2.45) is 0 Å². The zero-order valence-corrected chi connectivity index (χ0v) is 11.6. The van der Waals surface area contributed by atoms with Gasteiger partial charge in [0, 0.05) is 21.8 Å². The number of aromatic nitrogens is 1. The van der Waals surface area contributed by atoms with Crippen LogP contribution in [0, 0.1) is 0 Å². The second-order valence-corrected chi connectivity index (χ2v) is 5.17. The number of benzene rings is 2. The lowest BCUT2D eigenvalue weighted by molar-refractivity contribution is 0.821. The fourth-order valence-electron chi connectivity index (χ4n) is 2.44. The molecule has 1 aromatic heterocycles. The second kappa shape index (κ2) is 4.25. The highest BCUT2D eigenvalue weighted by Gasteiger charge is 2.09. The number of nitrogens with zero attached hydrogens (tertiary/aromatic N) is 1. The van der Waals surface area contributed by atoms with Crippen LogP contribution in [0.4, 0.5) is 0 Å². The molecule has 0 saturated heterocycles. The molecular formula is C15H12BrNO. The summed E-state index contributed by atoms with van der Waals surface area (Å²) in [7, 11) is 0. The lowest BCUT2D eigenvalue weighted by atomic mass is 10.1. The molecule has 3 aromatic rings. The predicted octanol–water partition coefficient (Wildman–Crippen LogP) is 3.94. The van der Waals surface area contributed by atoms with Gasteiger partial charge in [-0.15, -0.1) is 0 Å². The summed E-state index contributed by atoms with van der Waals surface area (Å²) < 4.78 is 3.11. The third-order valence-electron chi connectivity index (χ3n) is 3.25. The van der Waals surface area contributed by atoms with E-state index in [1.54, 1.807) is 0 Å². The Kier molecular flexibility index (Phi) is 2.71. The van der Waals surface area contributed by atoms with Crippen LogP contribution in [0.2, 0.25) is 0 Å². The Bertz CT molecular complexity index is 805. The number of fused-ring (bicyclic) bond motifs is 2. The van der Waals surface area contributed by atoms with Crippen molar-refractivity contribution in [1.29, 1.82) is 0 Å². The fourth-order valence-corrected chi connectivity index (χ4v) is 2.80. The molecule has 90 valence electrons. The van der Waals surface area contributed by atoms with Crippen LogP contribution in [0.15, 0.2) is 51.7 Å². The highest BCUT2D eigenvalue weighted by atomic mass is 79.9. The van der Waals surface area contributed by atoms with Gasteiger partial charge in [-0.05, 0) is 37.3 Å². The number of hydrogen-bond acceptors (Lipinski definition) is 1. The topological polar surface area (TPSA) is 22.0 Å². The number of aryl methyl sites for hydroxylation is 1. The van der Waals surface area contributed by atoms with E-state index in [9.17, 15) is 4.79 Å². The molecule has 0 aliphatic carbocycles. The lowest BCUT2D eigenvalue weighted by Crippen LogP contribution is -2.10. The second-order valence-electron chi connectivity index (χ2n) is 4.25. The van der Waals surface area contributed by atoms with Gasteiger partial charge in [-0.25, -0.2) is 0 Å². The van der Waals surface area contributed by atoms with Gasteiger partial charge in [-0.2, -0.15) is 0 Å². The molecule has 0 aliphatic rings. The van der Waals surface area contributed by atoms with E-state index in [0.717, 1.165) is 32.8 Å². The first-order chi connectivity index (χ1) is 8.72. The molecule has 0 amide bonds. The Morgan fingerprint density at radius 1 is 1.06 bits per heavy atom. The molecule has 1 heterocycles. The highest BCUT2D eigenvalue weighted by molar-refractivity contribution is 9.10. The summed E-state index contributed by atoms with van der Waals surface area (Å²) in [6.45, 7) is 2.94. The minimum Gasteiger partial charge on any atom is -0.341 e. The number of rotatable bonds is 1. The fraction of sp³-hybridized carbons (Fsp3) is 0.133. The van der Waals surface area contributed by atoms with Gasteiger partial charge in [-0.1, -0.05) is 28.1 Å². The third-order valence-corrected chi connectivity index (χ3v) is 3.74. The molecule has 0 fully saturated rings. The van der Waals surface area contributed by atoms with Crippen molar-refractivity contribution < 1.29 is 0 Å². The molecule has 3 heteroatoms. The lowest BCUT2D eigenvalue weighted by Gasteiger charge is -2.13. The zero-order chi connectivity index (χ0) is 12.7. The van der Waals surface area contributed by atoms with Gasteiger partial charge in [0.25, 0.3) is 0 Å². The van der Waals surface area contributed by atoms with Crippen LogP contribution in [0.5, 0.6) is 0 Å².